The summed E-state index contributed by atoms with van der Waals surface area (Å²) in [4.78, 5) is 22.1. The number of aromatic amines is 1. The van der Waals surface area contributed by atoms with Crippen molar-refractivity contribution in [3.8, 4) is 0 Å². The van der Waals surface area contributed by atoms with Crippen LogP contribution in [0.2, 0.25) is 0 Å². The highest BCUT2D eigenvalue weighted by molar-refractivity contribution is 7.18. The van der Waals surface area contributed by atoms with Crippen molar-refractivity contribution >= 4 is 21.6 Å². The molecule has 4 heteroatoms. The maximum atomic E-state index is 12.2. The molecular weight excluding hydrogens is 244 g/mol. The van der Waals surface area contributed by atoms with Gasteiger partial charge in [-0.1, -0.05) is 20.8 Å². The predicted molar refractivity (Wildman–Crippen MR) is 75.5 cm³/mol. The van der Waals surface area contributed by atoms with E-state index < -0.39 is 0 Å². The zero-order chi connectivity index (χ0) is 13.1. The lowest BCUT2D eigenvalue weighted by molar-refractivity contribution is 0.609. The molecule has 0 radical (unpaired) electrons. The van der Waals surface area contributed by atoms with E-state index in [1.807, 2.05) is 0 Å². The Kier molecular flexibility index (Phi) is 2.43. The van der Waals surface area contributed by atoms with Crippen LogP contribution in [-0.4, -0.2) is 9.97 Å². The molecule has 0 spiro atoms. The first-order chi connectivity index (χ1) is 8.44. The normalized spacial score (nSPS) is 21.4. The van der Waals surface area contributed by atoms with Crippen molar-refractivity contribution in [2.75, 3.05) is 0 Å². The van der Waals surface area contributed by atoms with E-state index >= 15 is 0 Å². The minimum absolute atomic E-state index is 0.0406. The Morgan fingerprint density at radius 3 is 2.72 bits per heavy atom. The Balaban J connectivity index is 2.21. The molecule has 1 N–H and O–H groups in total. The molecule has 18 heavy (non-hydrogen) atoms. The van der Waals surface area contributed by atoms with Gasteiger partial charge in [-0.15, -0.1) is 11.3 Å². The quantitative estimate of drug-likeness (QED) is 0.902. The number of thiophene rings is 1. The molecule has 1 unspecified atom stereocenters. The molecular formula is C14H18N2OS. The first-order valence-corrected chi connectivity index (χ1v) is 7.28. The van der Waals surface area contributed by atoms with Gasteiger partial charge in [0, 0.05) is 10.8 Å². The van der Waals surface area contributed by atoms with E-state index in [9.17, 15) is 4.79 Å². The van der Waals surface area contributed by atoms with Gasteiger partial charge in [0.1, 0.15) is 10.7 Å². The molecule has 0 bridgehead atoms. The number of nitrogens with zero attached hydrogens (tertiary/aromatic N) is 1. The first kappa shape index (κ1) is 11.9. The summed E-state index contributed by atoms with van der Waals surface area (Å²) in [5, 5.41) is 0.808. The van der Waals surface area contributed by atoms with E-state index in [0.29, 0.717) is 11.3 Å². The largest absolute Gasteiger partial charge is 0.310 e. The summed E-state index contributed by atoms with van der Waals surface area (Å²) in [6.45, 7) is 8.61. The van der Waals surface area contributed by atoms with Crippen LogP contribution >= 0.6 is 11.3 Å². The highest BCUT2D eigenvalue weighted by Gasteiger charge is 2.48. The van der Waals surface area contributed by atoms with Gasteiger partial charge in [0.2, 0.25) is 0 Å². The van der Waals surface area contributed by atoms with Gasteiger partial charge in [-0.25, -0.2) is 4.98 Å². The second-order valence-electron chi connectivity index (χ2n) is 5.87. The number of nitrogens with one attached hydrogen (secondary N) is 1. The van der Waals surface area contributed by atoms with Crippen molar-refractivity contribution in [2.24, 2.45) is 5.41 Å². The maximum Gasteiger partial charge on any atom is 0.259 e. The lowest BCUT2D eigenvalue weighted by atomic mass is 10.1. The van der Waals surface area contributed by atoms with Crippen LogP contribution in [0.1, 0.15) is 49.4 Å². The van der Waals surface area contributed by atoms with Crippen molar-refractivity contribution in [2.45, 2.75) is 46.5 Å². The van der Waals surface area contributed by atoms with Gasteiger partial charge in [-0.3, -0.25) is 4.79 Å². The number of H-pyrrole nitrogens is 1. The second kappa shape index (κ2) is 3.67. The summed E-state index contributed by atoms with van der Waals surface area (Å²) < 4.78 is 0. The monoisotopic (exact) mass is 262 g/mol. The lowest BCUT2D eigenvalue weighted by Gasteiger charge is -2.03. The third kappa shape index (κ3) is 1.62. The van der Waals surface area contributed by atoms with Gasteiger partial charge in [-0.2, -0.15) is 0 Å². The first-order valence-electron chi connectivity index (χ1n) is 6.46. The van der Waals surface area contributed by atoms with Gasteiger partial charge in [0.15, 0.2) is 0 Å². The fourth-order valence-electron chi connectivity index (χ4n) is 2.72. The topological polar surface area (TPSA) is 45.8 Å². The standard InChI is InChI=1S/C14H18N2OS/c1-5-8-7(2)18-13-10(8)12(17)15-11(16-13)9-6-14(9,3)4/h9H,5-6H2,1-4H3,(H,15,16,17). The summed E-state index contributed by atoms with van der Waals surface area (Å²) >= 11 is 1.65. The highest BCUT2D eigenvalue weighted by atomic mass is 32.1. The molecule has 96 valence electrons. The molecule has 2 heterocycles. The minimum atomic E-state index is 0.0406. The van der Waals surface area contributed by atoms with Crippen molar-refractivity contribution in [3.63, 3.8) is 0 Å². The average molecular weight is 262 g/mol. The summed E-state index contributed by atoms with van der Waals surface area (Å²) in [6, 6.07) is 0. The lowest BCUT2D eigenvalue weighted by Crippen LogP contribution is -2.12. The van der Waals surface area contributed by atoms with E-state index in [1.165, 1.54) is 4.88 Å². The molecule has 0 aromatic carbocycles. The van der Waals surface area contributed by atoms with E-state index in [-0.39, 0.29) is 5.56 Å². The Labute approximate surface area is 110 Å². The predicted octanol–water partition coefficient (Wildman–Crippen LogP) is 3.37. The van der Waals surface area contributed by atoms with Crippen LogP contribution in [0.5, 0.6) is 0 Å². The molecule has 2 aromatic rings. The number of hydrogen-bond donors (Lipinski definition) is 1. The Morgan fingerprint density at radius 2 is 2.17 bits per heavy atom. The molecule has 0 aliphatic heterocycles. The number of aryl methyl sites for hydroxylation is 2. The third-order valence-electron chi connectivity index (χ3n) is 4.08. The van der Waals surface area contributed by atoms with Gasteiger partial charge < -0.3 is 4.98 Å². The number of fused-ring (bicyclic) bond motifs is 1. The molecule has 0 amide bonds. The van der Waals surface area contributed by atoms with Crippen LogP contribution in [0.15, 0.2) is 4.79 Å². The van der Waals surface area contributed by atoms with Gasteiger partial charge in [0.05, 0.1) is 5.39 Å². The Bertz CT molecular complexity index is 681. The van der Waals surface area contributed by atoms with Gasteiger partial charge in [0.25, 0.3) is 5.56 Å². The Hall–Kier alpha value is -1.16. The van der Waals surface area contributed by atoms with E-state index in [2.05, 4.69) is 37.7 Å². The van der Waals surface area contributed by atoms with Crippen molar-refractivity contribution in [1.29, 1.82) is 0 Å². The van der Waals surface area contributed by atoms with E-state index in [1.54, 1.807) is 11.3 Å². The van der Waals surface area contributed by atoms with Crippen LogP contribution in [0.4, 0.5) is 0 Å². The van der Waals surface area contributed by atoms with Crippen molar-refractivity contribution in [1.82, 2.24) is 9.97 Å². The average Bonchev–Trinajstić information content (AvgIpc) is 2.79. The molecule has 1 aliphatic carbocycles. The third-order valence-corrected chi connectivity index (χ3v) is 5.12. The smallest absolute Gasteiger partial charge is 0.259 e. The SMILES string of the molecule is CCc1c(C)sc2nc(C3CC3(C)C)[nH]c(=O)c12. The molecule has 1 aliphatic rings. The summed E-state index contributed by atoms with van der Waals surface area (Å²) in [7, 11) is 0. The summed E-state index contributed by atoms with van der Waals surface area (Å²) in [5.41, 5.74) is 1.49. The number of rotatable bonds is 2. The van der Waals surface area contributed by atoms with Crippen LogP contribution in [-0.2, 0) is 6.42 Å². The molecule has 1 saturated carbocycles. The summed E-state index contributed by atoms with van der Waals surface area (Å²) in [6.07, 6.45) is 2.01. The zero-order valence-corrected chi connectivity index (χ0v) is 12.1. The molecule has 2 aromatic heterocycles. The van der Waals surface area contributed by atoms with Crippen LogP contribution in [0.25, 0.3) is 10.2 Å². The van der Waals surface area contributed by atoms with E-state index in [4.69, 9.17) is 0 Å². The summed E-state index contributed by atoms with van der Waals surface area (Å²) in [5.74, 6) is 1.29. The maximum absolute atomic E-state index is 12.2. The van der Waals surface area contributed by atoms with Crippen LogP contribution < -0.4 is 5.56 Å². The van der Waals surface area contributed by atoms with Crippen molar-refractivity contribution in [3.05, 3.63) is 26.6 Å². The van der Waals surface area contributed by atoms with Crippen LogP contribution in [0, 0.1) is 12.3 Å². The van der Waals surface area contributed by atoms with Gasteiger partial charge >= 0.3 is 0 Å². The fourth-order valence-corrected chi connectivity index (χ4v) is 3.84. The molecule has 3 nitrogen and oxygen atoms in total. The molecule has 0 saturated heterocycles. The zero-order valence-electron chi connectivity index (χ0n) is 11.3. The molecule has 1 fully saturated rings. The number of aromatic nitrogens is 2. The fraction of sp³-hybridized carbons (Fsp3) is 0.571. The van der Waals surface area contributed by atoms with E-state index in [0.717, 1.165) is 34.4 Å². The van der Waals surface area contributed by atoms with Crippen molar-refractivity contribution < 1.29 is 0 Å². The molecule has 3 rings (SSSR count). The minimum Gasteiger partial charge on any atom is -0.310 e. The molecule has 1 atom stereocenters. The van der Waals surface area contributed by atoms with Gasteiger partial charge in [-0.05, 0) is 30.7 Å². The Morgan fingerprint density at radius 1 is 1.50 bits per heavy atom. The number of hydrogen-bond acceptors (Lipinski definition) is 3. The highest BCUT2D eigenvalue weighted by Crippen LogP contribution is 2.57. The second-order valence-corrected chi connectivity index (χ2v) is 7.07. The van der Waals surface area contributed by atoms with Crippen LogP contribution in [0.3, 0.4) is 0 Å².